The number of aryl methyl sites for hydroxylation is 4. The van der Waals surface area contributed by atoms with Crippen molar-refractivity contribution in [3.63, 3.8) is 0 Å². The normalized spacial score (nSPS) is 15.6. The fourth-order valence-electron chi connectivity index (χ4n) is 7.60. The monoisotopic (exact) mass is 590 g/mol. The van der Waals surface area contributed by atoms with Gasteiger partial charge in [0.2, 0.25) is 0 Å². The number of hydrogen-bond donors (Lipinski definition) is 3. The van der Waals surface area contributed by atoms with Crippen LogP contribution in [0.4, 0.5) is 0 Å². The molecule has 5 heterocycles. The first-order valence-electron chi connectivity index (χ1n) is 15.9. The molecule has 5 nitrogen and oxygen atoms in total. The summed E-state index contributed by atoms with van der Waals surface area (Å²) >= 11 is 0. The van der Waals surface area contributed by atoms with Crippen LogP contribution in [0.2, 0.25) is 0 Å². The molecule has 3 aliphatic heterocycles. The fourth-order valence-corrected chi connectivity index (χ4v) is 7.60. The Kier molecular flexibility index (Phi) is 6.02. The molecule has 1 aliphatic carbocycles. The van der Waals surface area contributed by atoms with Gasteiger partial charge in [0.25, 0.3) is 0 Å². The minimum Gasteiger partial charge on any atom is -0.511 e. The summed E-state index contributed by atoms with van der Waals surface area (Å²) < 4.78 is 0. The van der Waals surface area contributed by atoms with Gasteiger partial charge in [-0.05, 0) is 74.2 Å². The quantitative estimate of drug-likeness (QED) is 0.227. The highest BCUT2D eigenvalue weighted by Gasteiger charge is 2.34. The maximum absolute atomic E-state index is 11.3. The summed E-state index contributed by atoms with van der Waals surface area (Å²) in [6.07, 6.45) is 6.41. The Balaban J connectivity index is 1.58. The third-order valence-corrected chi connectivity index (χ3v) is 9.78. The predicted molar refractivity (Wildman–Crippen MR) is 184 cm³/mol. The van der Waals surface area contributed by atoms with Crippen LogP contribution >= 0.6 is 0 Å². The third kappa shape index (κ3) is 4.44. The van der Waals surface area contributed by atoms with E-state index in [1.54, 1.807) is 0 Å². The maximum Gasteiger partial charge on any atom is 0.106 e. The van der Waals surface area contributed by atoms with Crippen LogP contribution in [0.3, 0.4) is 0 Å². The number of benzene rings is 2. The Labute approximate surface area is 263 Å². The molecule has 4 aliphatic rings. The van der Waals surface area contributed by atoms with Gasteiger partial charge in [0, 0.05) is 80.4 Å². The largest absolute Gasteiger partial charge is 0.511 e. The van der Waals surface area contributed by atoms with Gasteiger partial charge in [-0.25, -0.2) is 4.98 Å². The minimum atomic E-state index is -0.148. The van der Waals surface area contributed by atoms with E-state index < -0.39 is 0 Å². The van der Waals surface area contributed by atoms with Crippen molar-refractivity contribution in [1.82, 2.24) is 19.9 Å². The van der Waals surface area contributed by atoms with E-state index >= 15 is 0 Å². The zero-order valence-electron chi connectivity index (χ0n) is 26.8. The second kappa shape index (κ2) is 9.80. The Bertz CT molecular complexity index is 2290. The van der Waals surface area contributed by atoms with Gasteiger partial charge in [0.1, 0.15) is 5.76 Å². The van der Waals surface area contributed by atoms with Gasteiger partial charge in [-0.15, -0.1) is 0 Å². The van der Waals surface area contributed by atoms with Gasteiger partial charge in [-0.2, -0.15) is 0 Å². The molecule has 0 amide bonds. The molecule has 5 heteroatoms. The van der Waals surface area contributed by atoms with Crippen molar-refractivity contribution in [2.45, 2.75) is 66.2 Å². The number of aliphatic hydroxyl groups is 1. The molecule has 8 rings (SSSR count). The van der Waals surface area contributed by atoms with Crippen LogP contribution in [0.5, 0.6) is 0 Å². The average Bonchev–Trinajstić information content (AvgIpc) is 3.80. The first-order chi connectivity index (χ1) is 21.6. The minimum absolute atomic E-state index is 0.148. The number of aliphatic hydroxyl groups excluding tert-OH is 1. The summed E-state index contributed by atoms with van der Waals surface area (Å²) in [6, 6.07) is 19.8. The van der Waals surface area contributed by atoms with Gasteiger partial charge in [-0.1, -0.05) is 67.4 Å². The van der Waals surface area contributed by atoms with E-state index in [-0.39, 0.29) is 5.41 Å². The average molecular weight is 591 g/mol. The molecule has 4 aromatic rings. The molecule has 0 atom stereocenters. The summed E-state index contributed by atoms with van der Waals surface area (Å²) in [4.78, 5) is 18.2. The Morgan fingerprint density at radius 1 is 0.800 bits per heavy atom. The van der Waals surface area contributed by atoms with Gasteiger partial charge in [0.15, 0.2) is 0 Å². The van der Waals surface area contributed by atoms with Crippen LogP contribution in [0.1, 0.15) is 64.4 Å². The summed E-state index contributed by atoms with van der Waals surface area (Å²) in [5, 5.41) is 13.2. The SMILES string of the molecule is Cc1ccc(-c2c3[nH]c(c(-c4c(C)cc(C)cc4C)c4nc5c(c6nc(cc7ccc2[nH]7)C(C)(C)C6)CC(O)=C5C=4)CC=3)cc1. The molecule has 0 saturated carbocycles. The highest BCUT2D eigenvalue weighted by atomic mass is 16.3. The Morgan fingerprint density at radius 2 is 1.56 bits per heavy atom. The molecule has 2 aromatic heterocycles. The van der Waals surface area contributed by atoms with Crippen molar-refractivity contribution in [1.29, 1.82) is 0 Å². The zero-order chi connectivity index (χ0) is 31.2. The molecule has 0 spiro atoms. The van der Waals surface area contributed by atoms with Gasteiger partial charge in [0.05, 0.1) is 11.0 Å². The number of nitrogens with one attached hydrogen (secondary N) is 2. The van der Waals surface area contributed by atoms with Crippen LogP contribution in [-0.4, -0.2) is 25.0 Å². The molecule has 45 heavy (non-hydrogen) atoms. The van der Waals surface area contributed by atoms with Crippen LogP contribution in [-0.2, 0) is 24.7 Å². The van der Waals surface area contributed by atoms with E-state index in [4.69, 9.17) is 9.97 Å². The number of nitrogens with zero attached hydrogens (tertiary/aromatic N) is 2. The third-order valence-electron chi connectivity index (χ3n) is 9.78. The van der Waals surface area contributed by atoms with Crippen molar-refractivity contribution < 1.29 is 5.11 Å². The van der Waals surface area contributed by atoms with Crippen LogP contribution in [0.15, 0.2) is 60.4 Å². The summed E-state index contributed by atoms with van der Waals surface area (Å²) in [5.41, 5.74) is 17.3. The standard InChI is InChI=1S/C40H38N4O/c1-21-7-9-25(10-8-21)37-29-12-11-26(41-29)17-35-40(5,6)20-33(43-35)27-19-34(45)28-18-32(44-39(27)28)38(31-14-13-30(37)42-31)36-23(3)15-22(2)16-24(36)4/h7-13,15-18,41-42,45H,14,19-20H2,1-6H3. The lowest BCUT2D eigenvalue weighted by Gasteiger charge is -2.16. The number of rotatable bonds is 2. The molecule has 0 saturated heterocycles. The van der Waals surface area contributed by atoms with Crippen LogP contribution in [0.25, 0.3) is 51.0 Å². The lowest BCUT2D eigenvalue weighted by Crippen LogP contribution is -2.15. The number of aromatic amines is 2. The van der Waals surface area contributed by atoms with Crippen molar-refractivity contribution in [2.75, 3.05) is 0 Å². The maximum atomic E-state index is 11.3. The molecular formula is C40H38N4O. The van der Waals surface area contributed by atoms with Crippen molar-refractivity contribution in [2.24, 2.45) is 0 Å². The van der Waals surface area contributed by atoms with E-state index in [1.165, 1.54) is 27.8 Å². The van der Waals surface area contributed by atoms with Gasteiger partial charge < -0.3 is 15.1 Å². The number of aromatic nitrogens is 4. The summed E-state index contributed by atoms with van der Waals surface area (Å²) in [6.45, 7) is 13.2. The lowest BCUT2D eigenvalue weighted by atomic mass is 9.86. The molecule has 3 N–H and O–H groups in total. The molecule has 0 radical (unpaired) electrons. The topological polar surface area (TPSA) is 77.6 Å². The Morgan fingerprint density at radius 3 is 2.31 bits per heavy atom. The number of fused-ring (bicyclic) bond motifs is 8. The first-order valence-corrected chi connectivity index (χ1v) is 15.9. The summed E-state index contributed by atoms with van der Waals surface area (Å²) in [5.74, 6) is 0.377. The predicted octanol–water partition coefficient (Wildman–Crippen LogP) is 7.45. The second-order valence-electron chi connectivity index (χ2n) is 13.8. The molecule has 0 fully saturated rings. The first kappa shape index (κ1) is 27.6. The van der Waals surface area contributed by atoms with E-state index in [9.17, 15) is 5.11 Å². The molecule has 8 bridgehead atoms. The Hall–Kier alpha value is -4.90. The number of hydrogen-bond acceptors (Lipinski definition) is 3. The van der Waals surface area contributed by atoms with E-state index in [2.05, 4.69) is 118 Å². The van der Waals surface area contributed by atoms with Gasteiger partial charge >= 0.3 is 0 Å². The van der Waals surface area contributed by atoms with E-state index in [0.717, 1.165) is 85.2 Å². The number of allylic oxidation sites excluding steroid dienone is 2. The molecular weight excluding hydrogens is 552 g/mol. The zero-order valence-corrected chi connectivity index (χ0v) is 26.8. The van der Waals surface area contributed by atoms with E-state index in [0.29, 0.717) is 12.2 Å². The van der Waals surface area contributed by atoms with Crippen molar-refractivity contribution in [3.05, 3.63) is 122 Å². The molecule has 224 valence electrons. The van der Waals surface area contributed by atoms with Crippen molar-refractivity contribution in [3.8, 4) is 22.3 Å². The molecule has 2 aromatic carbocycles. The molecule has 0 unspecified atom stereocenters. The second-order valence-corrected chi connectivity index (χ2v) is 13.8. The highest BCUT2D eigenvalue weighted by molar-refractivity contribution is 5.95. The van der Waals surface area contributed by atoms with Crippen molar-refractivity contribution >= 4 is 28.8 Å². The number of H-pyrrole nitrogens is 2. The smallest absolute Gasteiger partial charge is 0.106 e. The highest BCUT2D eigenvalue weighted by Crippen LogP contribution is 2.39. The van der Waals surface area contributed by atoms with Gasteiger partial charge in [-0.3, -0.25) is 4.98 Å². The lowest BCUT2D eigenvalue weighted by molar-refractivity contribution is 0.405. The van der Waals surface area contributed by atoms with Crippen LogP contribution in [0, 0.1) is 27.7 Å². The van der Waals surface area contributed by atoms with Crippen LogP contribution < -0.4 is 10.7 Å². The fraction of sp³-hybridized carbons (Fsp3) is 0.250. The summed E-state index contributed by atoms with van der Waals surface area (Å²) in [7, 11) is 0. The van der Waals surface area contributed by atoms with E-state index in [1.807, 2.05) is 0 Å².